The minimum atomic E-state index is -1.07. The topological polar surface area (TPSA) is 90.2 Å². The molecule has 0 atom stereocenters. The number of aryl methyl sites for hydroxylation is 1. The third-order valence-corrected chi connectivity index (χ3v) is 3.77. The Hall–Kier alpha value is -2.65. The van der Waals surface area contributed by atoms with Crippen molar-refractivity contribution in [1.82, 2.24) is 0 Å². The van der Waals surface area contributed by atoms with Crippen molar-refractivity contribution >= 4 is 28.9 Å². The van der Waals surface area contributed by atoms with Crippen LogP contribution in [0, 0.1) is 18.3 Å². The summed E-state index contributed by atoms with van der Waals surface area (Å²) in [6, 6.07) is 8.08. The molecule has 6 heteroatoms. The van der Waals surface area contributed by atoms with Crippen LogP contribution in [-0.4, -0.2) is 17.0 Å². The molecule has 0 saturated heterocycles. The Balaban J connectivity index is 2.25. The van der Waals surface area contributed by atoms with Gasteiger partial charge in [-0.2, -0.15) is 5.26 Å². The zero-order chi connectivity index (χ0) is 14.7. The van der Waals surface area contributed by atoms with Crippen LogP contribution in [0.4, 0.5) is 5.69 Å². The number of thiophene rings is 1. The number of amides is 1. The number of anilines is 1. The van der Waals surface area contributed by atoms with Gasteiger partial charge in [-0.3, -0.25) is 4.79 Å². The van der Waals surface area contributed by atoms with Gasteiger partial charge in [0.2, 0.25) is 0 Å². The lowest BCUT2D eigenvalue weighted by atomic mass is 10.1. The van der Waals surface area contributed by atoms with E-state index in [1.165, 1.54) is 24.3 Å². The predicted octanol–water partition coefficient (Wildman–Crippen LogP) is 2.88. The van der Waals surface area contributed by atoms with Crippen molar-refractivity contribution in [1.29, 1.82) is 5.26 Å². The monoisotopic (exact) mass is 286 g/mol. The first-order valence-corrected chi connectivity index (χ1v) is 6.53. The fourth-order valence-corrected chi connectivity index (χ4v) is 2.48. The minimum Gasteiger partial charge on any atom is -0.477 e. The van der Waals surface area contributed by atoms with E-state index in [-0.39, 0.29) is 4.88 Å². The van der Waals surface area contributed by atoms with Gasteiger partial charge in [-0.1, -0.05) is 0 Å². The Bertz CT molecular complexity index is 711. The van der Waals surface area contributed by atoms with Crippen molar-refractivity contribution < 1.29 is 14.7 Å². The number of benzene rings is 1. The number of rotatable bonds is 3. The average Bonchev–Trinajstić information content (AvgIpc) is 2.80. The Morgan fingerprint density at radius 3 is 2.50 bits per heavy atom. The molecule has 0 radical (unpaired) electrons. The molecule has 0 spiro atoms. The van der Waals surface area contributed by atoms with E-state index >= 15 is 0 Å². The highest BCUT2D eigenvalue weighted by Crippen LogP contribution is 2.28. The molecule has 0 saturated carbocycles. The van der Waals surface area contributed by atoms with E-state index < -0.39 is 11.9 Å². The van der Waals surface area contributed by atoms with Crippen molar-refractivity contribution in [3.8, 4) is 6.07 Å². The van der Waals surface area contributed by atoms with Gasteiger partial charge in [0.25, 0.3) is 5.91 Å². The van der Waals surface area contributed by atoms with Crippen LogP contribution in [0.5, 0.6) is 0 Å². The Kier molecular flexibility index (Phi) is 3.82. The molecule has 0 bridgehead atoms. The van der Waals surface area contributed by atoms with E-state index in [1.807, 2.05) is 6.07 Å². The Labute approximate surface area is 119 Å². The van der Waals surface area contributed by atoms with Crippen LogP contribution < -0.4 is 5.32 Å². The SMILES string of the molecule is Cc1csc(C(=O)O)c1NC(=O)c1ccc(C#N)cc1. The first-order valence-electron chi connectivity index (χ1n) is 5.66. The second-order valence-corrected chi connectivity index (χ2v) is 4.95. The molecule has 2 rings (SSSR count). The van der Waals surface area contributed by atoms with Crippen LogP contribution in [0.1, 0.15) is 31.2 Å². The lowest BCUT2D eigenvalue weighted by Crippen LogP contribution is -2.14. The average molecular weight is 286 g/mol. The predicted molar refractivity (Wildman–Crippen MR) is 75.1 cm³/mol. The van der Waals surface area contributed by atoms with Gasteiger partial charge in [0, 0.05) is 5.56 Å². The lowest BCUT2D eigenvalue weighted by molar-refractivity contribution is 0.0703. The van der Waals surface area contributed by atoms with Gasteiger partial charge >= 0.3 is 5.97 Å². The molecule has 1 amide bonds. The minimum absolute atomic E-state index is 0.101. The molecular formula is C14H10N2O3S. The zero-order valence-corrected chi connectivity index (χ0v) is 11.3. The largest absolute Gasteiger partial charge is 0.477 e. The summed E-state index contributed by atoms with van der Waals surface area (Å²) < 4.78 is 0. The molecule has 0 aliphatic heterocycles. The maximum Gasteiger partial charge on any atom is 0.348 e. The molecular weight excluding hydrogens is 276 g/mol. The number of nitriles is 1. The quantitative estimate of drug-likeness (QED) is 0.907. The maximum atomic E-state index is 12.1. The standard InChI is InChI=1S/C14H10N2O3S/c1-8-7-20-12(14(18)19)11(8)16-13(17)10-4-2-9(6-15)3-5-10/h2-5,7H,1H3,(H,16,17)(H,18,19). The fraction of sp³-hybridized carbons (Fsp3) is 0.0714. The fourth-order valence-electron chi connectivity index (χ4n) is 1.64. The summed E-state index contributed by atoms with van der Waals surface area (Å²) in [4.78, 5) is 23.2. The highest BCUT2D eigenvalue weighted by Gasteiger charge is 2.17. The van der Waals surface area contributed by atoms with E-state index in [0.717, 1.165) is 11.3 Å². The van der Waals surface area contributed by atoms with E-state index in [4.69, 9.17) is 10.4 Å². The zero-order valence-electron chi connectivity index (χ0n) is 10.5. The number of nitrogens with zero attached hydrogens (tertiary/aromatic N) is 1. The molecule has 0 aliphatic carbocycles. The van der Waals surface area contributed by atoms with Gasteiger partial charge in [0.15, 0.2) is 0 Å². The molecule has 2 N–H and O–H groups in total. The van der Waals surface area contributed by atoms with Crippen LogP contribution >= 0.6 is 11.3 Å². The van der Waals surface area contributed by atoms with Crippen LogP contribution in [-0.2, 0) is 0 Å². The second-order valence-electron chi connectivity index (χ2n) is 4.07. The summed E-state index contributed by atoms with van der Waals surface area (Å²) in [6.45, 7) is 1.73. The molecule has 5 nitrogen and oxygen atoms in total. The summed E-state index contributed by atoms with van der Waals surface area (Å²) >= 11 is 1.07. The maximum absolute atomic E-state index is 12.1. The van der Waals surface area contributed by atoms with E-state index in [9.17, 15) is 9.59 Å². The number of aromatic carboxylic acids is 1. The number of carboxylic acids is 1. The molecule has 100 valence electrons. The van der Waals surface area contributed by atoms with Crippen LogP contribution in [0.15, 0.2) is 29.6 Å². The third kappa shape index (κ3) is 2.68. The summed E-state index contributed by atoms with van der Waals surface area (Å²) in [5.74, 6) is -1.48. The Morgan fingerprint density at radius 2 is 1.95 bits per heavy atom. The Morgan fingerprint density at radius 1 is 1.30 bits per heavy atom. The third-order valence-electron chi connectivity index (χ3n) is 2.68. The van der Waals surface area contributed by atoms with Crippen molar-refractivity contribution in [2.24, 2.45) is 0 Å². The summed E-state index contributed by atoms with van der Waals surface area (Å²) in [5.41, 5.74) is 1.84. The van der Waals surface area contributed by atoms with Gasteiger partial charge in [-0.05, 0) is 42.1 Å². The van der Waals surface area contributed by atoms with Gasteiger partial charge in [0.05, 0.1) is 17.3 Å². The number of hydrogen-bond acceptors (Lipinski definition) is 4. The number of carbonyl (C=O) groups excluding carboxylic acids is 1. The molecule has 0 fully saturated rings. The first-order chi connectivity index (χ1) is 9.52. The van der Waals surface area contributed by atoms with Crippen molar-refractivity contribution in [3.63, 3.8) is 0 Å². The van der Waals surface area contributed by atoms with Crippen molar-refractivity contribution in [2.45, 2.75) is 6.92 Å². The van der Waals surface area contributed by atoms with Crippen LogP contribution in [0.25, 0.3) is 0 Å². The molecule has 1 aromatic carbocycles. The van der Waals surface area contributed by atoms with Crippen molar-refractivity contribution in [3.05, 3.63) is 51.2 Å². The molecule has 0 aliphatic rings. The molecule has 1 aromatic heterocycles. The van der Waals surface area contributed by atoms with Crippen molar-refractivity contribution in [2.75, 3.05) is 5.32 Å². The van der Waals surface area contributed by atoms with E-state index in [2.05, 4.69) is 5.32 Å². The van der Waals surface area contributed by atoms with Gasteiger partial charge in [0.1, 0.15) is 4.88 Å². The normalized spacial score (nSPS) is 9.80. The number of nitrogens with one attached hydrogen (secondary N) is 1. The molecule has 0 unspecified atom stereocenters. The van der Waals surface area contributed by atoms with E-state index in [0.29, 0.717) is 22.4 Å². The number of carboxylic acid groups (broad SMARTS) is 1. The first kappa shape index (κ1) is 13.8. The molecule has 20 heavy (non-hydrogen) atoms. The summed E-state index contributed by atoms with van der Waals surface area (Å²) in [7, 11) is 0. The summed E-state index contributed by atoms with van der Waals surface area (Å²) in [5, 5.41) is 22.0. The van der Waals surface area contributed by atoms with E-state index in [1.54, 1.807) is 12.3 Å². The number of carbonyl (C=O) groups is 2. The molecule has 1 heterocycles. The second kappa shape index (κ2) is 5.55. The molecule has 2 aromatic rings. The van der Waals surface area contributed by atoms with Gasteiger partial charge in [-0.15, -0.1) is 11.3 Å². The van der Waals surface area contributed by atoms with Crippen LogP contribution in [0.3, 0.4) is 0 Å². The lowest BCUT2D eigenvalue weighted by Gasteiger charge is -2.06. The summed E-state index contributed by atoms with van der Waals surface area (Å²) in [6.07, 6.45) is 0. The highest BCUT2D eigenvalue weighted by molar-refractivity contribution is 7.12. The van der Waals surface area contributed by atoms with Gasteiger partial charge < -0.3 is 10.4 Å². The van der Waals surface area contributed by atoms with Crippen LogP contribution in [0.2, 0.25) is 0 Å². The van der Waals surface area contributed by atoms with Gasteiger partial charge in [-0.25, -0.2) is 4.79 Å². The highest BCUT2D eigenvalue weighted by atomic mass is 32.1. The smallest absolute Gasteiger partial charge is 0.348 e. The number of hydrogen-bond donors (Lipinski definition) is 2.